The highest BCUT2D eigenvalue weighted by molar-refractivity contribution is 5.91. The number of rotatable bonds is 6. The summed E-state index contributed by atoms with van der Waals surface area (Å²) >= 11 is 0. The molecule has 5 nitrogen and oxygen atoms in total. The number of anilines is 1. The zero-order chi connectivity index (χ0) is 18.5. The lowest BCUT2D eigenvalue weighted by Crippen LogP contribution is -2.22. The topological polar surface area (TPSA) is 56.1 Å². The average Bonchev–Trinajstić information content (AvgIpc) is 3.01. The minimum atomic E-state index is -0.328. The first kappa shape index (κ1) is 17.7. The molecule has 0 unspecified atom stereocenters. The summed E-state index contributed by atoms with van der Waals surface area (Å²) < 4.78 is 20.3. The van der Waals surface area contributed by atoms with Gasteiger partial charge in [-0.05, 0) is 49.2 Å². The van der Waals surface area contributed by atoms with Gasteiger partial charge in [-0.15, -0.1) is 0 Å². The molecule has 3 rings (SSSR count). The Balaban J connectivity index is 1.71. The number of nitrogens with one attached hydrogen (secondary N) is 1. The van der Waals surface area contributed by atoms with Crippen LogP contribution in [-0.2, 0) is 11.2 Å². The number of hydrogen-bond acceptors (Lipinski definition) is 3. The molecular weight excluding hydrogens is 333 g/mol. The Morgan fingerprint density at radius 3 is 2.65 bits per heavy atom. The van der Waals surface area contributed by atoms with Gasteiger partial charge in [-0.2, -0.15) is 5.10 Å². The highest BCUT2D eigenvalue weighted by atomic mass is 19.1. The van der Waals surface area contributed by atoms with Crippen LogP contribution < -0.4 is 10.1 Å². The number of aromatic nitrogens is 2. The molecule has 2 aromatic carbocycles. The molecule has 3 aromatic rings. The van der Waals surface area contributed by atoms with Crippen LogP contribution >= 0.6 is 0 Å². The lowest BCUT2D eigenvalue weighted by atomic mass is 10.1. The molecule has 134 valence electrons. The number of ether oxygens (including phenoxy) is 1. The highest BCUT2D eigenvalue weighted by Crippen LogP contribution is 2.19. The van der Waals surface area contributed by atoms with E-state index < -0.39 is 0 Å². The van der Waals surface area contributed by atoms with Gasteiger partial charge in [-0.25, -0.2) is 9.07 Å². The SMILES string of the molecule is CCc1ccccc1OCC(=O)Nc1cc(C)nn1-c1ccc(F)cc1. The number of halogens is 1. The molecule has 0 aliphatic carbocycles. The van der Waals surface area contributed by atoms with E-state index in [4.69, 9.17) is 4.74 Å². The summed E-state index contributed by atoms with van der Waals surface area (Å²) in [4.78, 5) is 12.3. The van der Waals surface area contributed by atoms with Crippen LogP contribution in [0.1, 0.15) is 18.2 Å². The molecule has 1 N–H and O–H groups in total. The number of para-hydroxylation sites is 1. The van der Waals surface area contributed by atoms with E-state index in [0.29, 0.717) is 17.3 Å². The first-order valence-corrected chi connectivity index (χ1v) is 8.40. The third kappa shape index (κ3) is 4.08. The molecule has 26 heavy (non-hydrogen) atoms. The van der Waals surface area contributed by atoms with Crippen molar-refractivity contribution in [1.82, 2.24) is 9.78 Å². The van der Waals surface area contributed by atoms with E-state index in [1.54, 1.807) is 22.9 Å². The zero-order valence-electron chi connectivity index (χ0n) is 14.7. The predicted molar refractivity (Wildman–Crippen MR) is 98.2 cm³/mol. The van der Waals surface area contributed by atoms with Gasteiger partial charge in [0.25, 0.3) is 5.91 Å². The average molecular weight is 353 g/mol. The molecule has 0 aliphatic rings. The second kappa shape index (κ2) is 7.82. The summed E-state index contributed by atoms with van der Waals surface area (Å²) in [5.41, 5.74) is 2.45. The Bertz CT molecular complexity index is 904. The fourth-order valence-electron chi connectivity index (χ4n) is 2.63. The lowest BCUT2D eigenvalue weighted by Gasteiger charge is -2.11. The van der Waals surface area contributed by atoms with Crippen LogP contribution in [0.3, 0.4) is 0 Å². The smallest absolute Gasteiger partial charge is 0.263 e. The van der Waals surface area contributed by atoms with E-state index in [1.807, 2.05) is 38.1 Å². The molecule has 0 aliphatic heterocycles. The molecule has 0 saturated carbocycles. The third-order valence-corrected chi connectivity index (χ3v) is 3.88. The van der Waals surface area contributed by atoms with Crippen molar-refractivity contribution in [2.45, 2.75) is 20.3 Å². The van der Waals surface area contributed by atoms with Gasteiger partial charge in [-0.1, -0.05) is 25.1 Å². The molecule has 0 bridgehead atoms. The number of carbonyl (C=O) groups excluding carboxylic acids is 1. The molecule has 0 radical (unpaired) electrons. The Morgan fingerprint density at radius 2 is 1.92 bits per heavy atom. The van der Waals surface area contributed by atoms with Crippen LogP contribution in [-0.4, -0.2) is 22.3 Å². The summed E-state index contributed by atoms with van der Waals surface area (Å²) in [6.07, 6.45) is 0.828. The third-order valence-electron chi connectivity index (χ3n) is 3.88. The number of amides is 1. The Kier molecular flexibility index (Phi) is 5.31. The molecule has 0 atom stereocenters. The molecule has 0 fully saturated rings. The van der Waals surface area contributed by atoms with Crippen molar-refractivity contribution in [3.8, 4) is 11.4 Å². The first-order valence-electron chi connectivity index (χ1n) is 8.40. The van der Waals surface area contributed by atoms with Gasteiger partial charge in [0.2, 0.25) is 0 Å². The predicted octanol–water partition coefficient (Wildman–Crippen LogP) is 3.90. The maximum absolute atomic E-state index is 13.1. The number of aryl methyl sites for hydroxylation is 2. The van der Waals surface area contributed by atoms with Crippen molar-refractivity contribution >= 4 is 11.7 Å². The number of hydrogen-bond donors (Lipinski definition) is 1. The van der Waals surface area contributed by atoms with Gasteiger partial charge >= 0.3 is 0 Å². The Labute approximate surface area is 151 Å². The Morgan fingerprint density at radius 1 is 1.19 bits per heavy atom. The van der Waals surface area contributed by atoms with E-state index in [9.17, 15) is 9.18 Å². The second-order valence-corrected chi connectivity index (χ2v) is 5.86. The monoisotopic (exact) mass is 353 g/mol. The summed E-state index contributed by atoms with van der Waals surface area (Å²) in [7, 11) is 0. The van der Waals surface area contributed by atoms with Crippen molar-refractivity contribution in [2.24, 2.45) is 0 Å². The van der Waals surface area contributed by atoms with Crippen molar-refractivity contribution in [3.63, 3.8) is 0 Å². The molecule has 6 heteroatoms. The molecule has 0 saturated heterocycles. The minimum absolute atomic E-state index is 0.106. The maximum atomic E-state index is 13.1. The maximum Gasteiger partial charge on any atom is 0.263 e. The molecule has 1 amide bonds. The van der Waals surface area contributed by atoms with Crippen LogP contribution in [0, 0.1) is 12.7 Å². The number of nitrogens with zero attached hydrogens (tertiary/aromatic N) is 2. The fourth-order valence-corrected chi connectivity index (χ4v) is 2.63. The fraction of sp³-hybridized carbons (Fsp3) is 0.200. The highest BCUT2D eigenvalue weighted by Gasteiger charge is 2.12. The summed E-state index contributed by atoms with van der Waals surface area (Å²) in [6, 6.07) is 15.3. The van der Waals surface area contributed by atoms with Crippen LogP contribution in [0.5, 0.6) is 5.75 Å². The van der Waals surface area contributed by atoms with Crippen LogP contribution in [0.4, 0.5) is 10.2 Å². The Hall–Kier alpha value is -3.15. The molecule has 1 aromatic heterocycles. The summed E-state index contributed by atoms with van der Waals surface area (Å²) in [5, 5.41) is 7.14. The summed E-state index contributed by atoms with van der Waals surface area (Å²) in [5.74, 6) is 0.588. The van der Waals surface area contributed by atoms with Crippen LogP contribution in [0.25, 0.3) is 5.69 Å². The molecular formula is C20H20FN3O2. The largest absolute Gasteiger partial charge is 0.483 e. The zero-order valence-corrected chi connectivity index (χ0v) is 14.7. The van der Waals surface area contributed by atoms with Gasteiger partial charge in [0.05, 0.1) is 11.4 Å². The van der Waals surface area contributed by atoms with E-state index >= 15 is 0 Å². The molecule has 0 spiro atoms. The first-order chi connectivity index (χ1) is 12.6. The van der Waals surface area contributed by atoms with Gasteiger partial charge in [0.1, 0.15) is 17.4 Å². The van der Waals surface area contributed by atoms with E-state index in [1.165, 1.54) is 12.1 Å². The minimum Gasteiger partial charge on any atom is -0.483 e. The lowest BCUT2D eigenvalue weighted by molar-refractivity contribution is -0.118. The van der Waals surface area contributed by atoms with Crippen LogP contribution in [0.15, 0.2) is 54.6 Å². The van der Waals surface area contributed by atoms with Gasteiger partial charge in [0.15, 0.2) is 6.61 Å². The van der Waals surface area contributed by atoms with E-state index in [0.717, 1.165) is 17.7 Å². The molecule has 1 heterocycles. The quantitative estimate of drug-likeness (QED) is 0.731. The van der Waals surface area contributed by atoms with E-state index in [-0.39, 0.29) is 18.3 Å². The number of benzene rings is 2. The van der Waals surface area contributed by atoms with Gasteiger partial charge in [-0.3, -0.25) is 4.79 Å². The van der Waals surface area contributed by atoms with Crippen molar-refractivity contribution in [2.75, 3.05) is 11.9 Å². The van der Waals surface area contributed by atoms with E-state index in [2.05, 4.69) is 10.4 Å². The normalized spacial score (nSPS) is 10.6. The van der Waals surface area contributed by atoms with Crippen molar-refractivity contribution in [3.05, 3.63) is 71.7 Å². The summed E-state index contributed by atoms with van der Waals surface area (Å²) in [6.45, 7) is 3.75. The van der Waals surface area contributed by atoms with Gasteiger partial charge in [0, 0.05) is 6.07 Å². The van der Waals surface area contributed by atoms with Crippen molar-refractivity contribution < 1.29 is 13.9 Å². The standard InChI is InChI=1S/C20H20FN3O2/c1-3-15-6-4-5-7-18(15)26-13-20(25)22-19-12-14(2)23-24(19)17-10-8-16(21)9-11-17/h4-12H,3,13H2,1-2H3,(H,22,25). The van der Waals surface area contributed by atoms with Gasteiger partial charge < -0.3 is 10.1 Å². The second-order valence-electron chi connectivity index (χ2n) is 5.86. The van der Waals surface area contributed by atoms with Crippen molar-refractivity contribution in [1.29, 1.82) is 0 Å². The van der Waals surface area contributed by atoms with Crippen LogP contribution in [0.2, 0.25) is 0 Å². The number of carbonyl (C=O) groups is 1.